The minimum absolute atomic E-state index is 0.00284. The normalized spacial score (nSPS) is 16.5. The molecular weight excluding hydrogens is 584 g/mol. The van der Waals surface area contributed by atoms with E-state index < -0.39 is 35.8 Å². The van der Waals surface area contributed by atoms with Crippen molar-refractivity contribution >= 4 is 34.5 Å². The van der Waals surface area contributed by atoms with E-state index in [4.69, 9.17) is 11.5 Å². The van der Waals surface area contributed by atoms with Crippen LogP contribution in [0.2, 0.25) is 0 Å². The Morgan fingerprint density at radius 2 is 1.54 bits per heavy atom. The number of hydrogen-bond acceptors (Lipinski definition) is 6. The highest BCUT2D eigenvalue weighted by Gasteiger charge is 2.34. The van der Waals surface area contributed by atoms with Gasteiger partial charge in [-0.3, -0.25) is 19.2 Å². The predicted molar refractivity (Wildman–Crippen MR) is 174 cm³/mol. The minimum atomic E-state index is -1.02. The molecule has 0 saturated carbocycles. The molecule has 0 spiro atoms. The molecule has 1 aliphatic rings. The van der Waals surface area contributed by atoms with Gasteiger partial charge in [0.1, 0.15) is 17.8 Å². The van der Waals surface area contributed by atoms with Crippen LogP contribution in [0, 0.1) is 0 Å². The third-order valence-corrected chi connectivity index (χ3v) is 8.44. The van der Waals surface area contributed by atoms with Gasteiger partial charge >= 0.3 is 0 Å². The number of rotatable bonds is 13. The number of para-hydroxylation sites is 1. The van der Waals surface area contributed by atoms with Crippen molar-refractivity contribution in [2.24, 2.45) is 11.5 Å². The molecule has 4 atom stereocenters. The number of phenolic OH excluding ortho intramolecular Hbond substituents is 1. The minimum Gasteiger partial charge on any atom is -0.508 e. The van der Waals surface area contributed by atoms with Gasteiger partial charge in [0.2, 0.25) is 23.6 Å². The number of aromatic hydroxyl groups is 1. The number of nitrogens with two attached hydrogens (primary N) is 2. The molecule has 1 saturated heterocycles. The molecule has 240 valence electrons. The monoisotopic (exact) mass is 624 g/mol. The zero-order valence-corrected chi connectivity index (χ0v) is 25.5. The van der Waals surface area contributed by atoms with Gasteiger partial charge in [0.05, 0.1) is 12.6 Å². The summed E-state index contributed by atoms with van der Waals surface area (Å²) in [5.41, 5.74) is 14.5. The summed E-state index contributed by atoms with van der Waals surface area (Å²) in [4.78, 5) is 54.5. The molecular formula is C35H40N6O5. The summed E-state index contributed by atoms with van der Waals surface area (Å²) in [5, 5.41) is 16.2. The first kappa shape index (κ1) is 32.2. The highest BCUT2D eigenvalue weighted by Crippen LogP contribution is 2.22. The second-order valence-corrected chi connectivity index (χ2v) is 11.8. The standard InChI is InChI=1S/C35H40N6O5/c36-28(19-24-12-14-27(42)15-13-24)35(46)41-17-6-10-26(41)21-32(43)38-30(22-40-18-16-25-9-4-5-11-31(25)40)34(45)39-29(33(37)44)20-23-7-2-1-3-8-23/h1-5,7-9,11-16,18,26,28-30,42H,6,10,17,19-22,36H2,(H2,37,44)(H,38,43)(H,39,45)/t26-,28+,29+,30+/m1/s1. The number of benzene rings is 3. The van der Waals surface area contributed by atoms with E-state index in [0.717, 1.165) is 28.5 Å². The number of primary amides is 1. The van der Waals surface area contributed by atoms with Gasteiger partial charge in [0.25, 0.3) is 0 Å². The Bertz CT molecular complexity index is 1670. The zero-order chi connectivity index (χ0) is 32.6. The van der Waals surface area contributed by atoms with E-state index in [9.17, 15) is 24.3 Å². The van der Waals surface area contributed by atoms with Crippen LogP contribution < -0.4 is 22.1 Å². The van der Waals surface area contributed by atoms with E-state index >= 15 is 0 Å². The van der Waals surface area contributed by atoms with Crippen molar-refractivity contribution in [3.8, 4) is 5.75 Å². The molecule has 5 rings (SSSR count). The fraction of sp³-hybridized carbons (Fsp3) is 0.314. The third-order valence-electron chi connectivity index (χ3n) is 8.44. The molecule has 1 fully saturated rings. The molecule has 46 heavy (non-hydrogen) atoms. The van der Waals surface area contributed by atoms with Crippen molar-refractivity contribution in [2.45, 2.75) is 62.8 Å². The second-order valence-electron chi connectivity index (χ2n) is 11.8. The maximum atomic E-state index is 13.7. The van der Waals surface area contributed by atoms with Crippen LogP contribution in [-0.2, 0) is 38.6 Å². The highest BCUT2D eigenvalue weighted by molar-refractivity contribution is 5.92. The van der Waals surface area contributed by atoms with Crippen LogP contribution in [0.25, 0.3) is 10.9 Å². The molecule has 0 radical (unpaired) electrons. The summed E-state index contributed by atoms with van der Waals surface area (Å²) in [7, 11) is 0. The van der Waals surface area contributed by atoms with Crippen LogP contribution in [0.1, 0.15) is 30.4 Å². The van der Waals surface area contributed by atoms with E-state index in [-0.39, 0.29) is 37.1 Å². The Kier molecular flexibility index (Phi) is 10.3. The zero-order valence-electron chi connectivity index (χ0n) is 25.5. The maximum absolute atomic E-state index is 13.7. The SMILES string of the molecule is NC(=O)[C@H](Cc1ccccc1)NC(=O)[C@H](Cn1ccc2ccccc21)NC(=O)C[C@H]1CCCN1C(=O)[C@@H](N)Cc1ccc(O)cc1. The first-order chi connectivity index (χ1) is 22.2. The van der Waals surface area contributed by atoms with Crippen LogP contribution in [0.15, 0.2) is 91.1 Å². The lowest BCUT2D eigenvalue weighted by atomic mass is 10.0. The summed E-state index contributed by atoms with van der Waals surface area (Å²) < 4.78 is 1.88. The van der Waals surface area contributed by atoms with Crippen LogP contribution in [0.5, 0.6) is 5.75 Å². The average molecular weight is 625 g/mol. The number of nitrogens with one attached hydrogen (secondary N) is 2. The predicted octanol–water partition coefficient (Wildman–Crippen LogP) is 2.00. The molecule has 1 aliphatic heterocycles. The summed E-state index contributed by atoms with van der Waals surface area (Å²) in [5.74, 6) is -1.74. The molecule has 0 unspecified atom stereocenters. The first-order valence-electron chi connectivity index (χ1n) is 15.5. The van der Waals surface area contributed by atoms with Gasteiger partial charge in [-0.25, -0.2) is 0 Å². The number of amides is 4. The van der Waals surface area contributed by atoms with Crippen molar-refractivity contribution in [2.75, 3.05) is 6.54 Å². The quantitative estimate of drug-likeness (QED) is 0.152. The fourth-order valence-electron chi connectivity index (χ4n) is 6.03. The Morgan fingerprint density at radius 3 is 2.28 bits per heavy atom. The van der Waals surface area contributed by atoms with Gasteiger partial charge in [0.15, 0.2) is 0 Å². The smallest absolute Gasteiger partial charge is 0.245 e. The van der Waals surface area contributed by atoms with Crippen LogP contribution >= 0.6 is 0 Å². The maximum Gasteiger partial charge on any atom is 0.245 e. The average Bonchev–Trinajstić information content (AvgIpc) is 3.68. The van der Waals surface area contributed by atoms with Crippen LogP contribution in [-0.4, -0.2) is 68.9 Å². The van der Waals surface area contributed by atoms with Gasteiger partial charge in [-0.15, -0.1) is 0 Å². The summed E-state index contributed by atoms with van der Waals surface area (Å²) >= 11 is 0. The number of carbonyl (C=O) groups excluding carboxylic acids is 4. The van der Waals surface area contributed by atoms with Gasteiger partial charge in [0, 0.05) is 37.1 Å². The van der Waals surface area contributed by atoms with Gasteiger partial charge in [-0.2, -0.15) is 0 Å². The molecule has 2 heterocycles. The first-order valence-corrected chi connectivity index (χ1v) is 15.5. The van der Waals surface area contributed by atoms with E-state index in [2.05, 4.69) is 10.6 Å². The van der Waals surface area contributed by atoms with Gasteiger partial charge in [-0.05, 0) is 60.0 Å². The Balaban J connectivity index is 1.28. The highest BCUT2D eigenvalue weighted by atomic mass is 16.3. The Hall–Kier alpha value is -5.16. The number of nitrogens with zero attached hydrogens (tertiary/aromatic N) is 2. The van der Waals surface area contributed by atoms with E-state index in [0.29, 0.717) is 19.4 Å². The third kappa shape index (κ3) is 8.10. The van der Waals surface area contributed by atoms with E-state index in [1.54, 1.807) is 29.2 Å². The van der Waals surface area contributed by atoms with Crippen molar-refractivity contribution < 1.29 is 24.3 Å². The van der Waals surface area contributed by atoms with Gasteiger partial charge in [-0.1, -0.05) is 60.7 Å². The lowest BCUT2D eigenvalue weighted by Gasteiger charge is -2.28. The molecule has 4 amide bonds. The summed E-state index contributed by atoms with van der Waals surface area (Å²) in [6.07, 6.45) is 3.71. The van der Waals surface area contributed by atoms with Crippen LogP contribution in [0.4, 0.5) is 0 Å². The number of aromatic nitrogens is 1. The largest absolute Gasteiger partial charge is 0.508 e. The van der Waals surface area contributed by atoms with Crippen molar-refractivity contribution in [3.05, 3.63) is 102 Å². The van der Waals surface area contributed by atoms with Gasteiger partial charge < -0.3 is 36.7 Å². The number of likely N-dealkylation sites (tertiary alicyclic amines) is 1. The number of hydrogen-bond donors (Lipinski definition) is 5. The van der Waals surface area contributed by atoms with Crippen LogP contribution in [0.3, 0.4) is 0 Å². The molecule has 1 aromatic heterocycles. The Labute approximate surface area is 267 Å². The molecule has 7 N–H and O–H groups in total. The number of fused-ring (bicyclic) bond motifs is 1. The lowest BCUT2D eigenvalue weighted by molar-refractivity contribution is -0.135. The van der Waals surface area contributed by atoms with Crippen molar-refractivity contribution in [3.63, 3.8) is 0 Å². The topological polar surface area (TPSA) is 173 Å². The van der Waals surface area contributed by atoms with E-state index in [1.165, 1.54) is 0 Å². The fourth-order valence-corrected chi connectivity index (χ4v) is 6.03. The van der Waals surface area contributed by atoms with Crippen molar-refractivity contribution in [1.29, 1.82) is 0 Å². The Morgan fingerprint density at radius 1 is 0.848 bits per heavy atom. The summed E-state index contributed by atoms with van der Waals surface area (Å²) in [6.45, 7) is 0.603. The molecule has 11 nitrogen and oxygen atoms in total. The summed E-state index contributed by atoms with van der Waals surface area (Å²) in [6, 6.07) is 22.2. The molecule has 3 aromatic carbocycles. The second kappa shape index (κ2) is 14.7. The molecule has 4 aromatic rings. The van der Waals surface area contributed by atoms with E-state index in [1.807, 2.05) is 71.4 Å². The number of phenols is 1. The lowest BCUT2D eigenvalue weighted by Crippen LogP contribution is -2.55. The molecule has 0 aliphatic carbocycles. The van der Waals surface area contributed by atoms with Crippen molar-refractivity contribution in [1.82, 2.24) is 20.1 Å². The molecule has 0 bridgehead atoms. The number of carbonyl (C=O) groups is 4. The molecule has 11 heteroatoms.